The van der Waals surface area contributed by atoms with Gasteiger partial charge in [0.15, 0.2) is 11.6 Å². The summed E-state index contributed by atoms with van der Waals surface area (Å²) in [7, 11) is 1.55. The van der Waals surface area contributed by atoms with E-state index in [9.17, 15) is 18.4 Å². The highest BCUT2D eigenvalue weighted by atomic mass is 19.2. The molecule has 26 heavy (non-hydrogen) atoms. The molecule has 1 aromatic carbocycles. The van der Waals surface area contributed by atoms with Gasteiger partial charge in [0, 0.05) is 24.7 Å². The molecule has 1 amide bonds. The number of halogens is 2. The molecule has 0 saturated carbocycles. The van der Waals surface area contributed by atoms with Gasteiger partial charge < -0.3 is 25.5 Å². The van der Waals surface area contributed by atoms with E-state index in [1.165, 1.54) is 4.90 Å². The van der Waals surface area contributed by atoms with Crippen molar-refractivity contribution in [3.8, 4) is 0 Å². The largest absolute Gasteiger partial charge is 0.379 e. The van der Waals surface area contributed by atoms with Crippen molar-refractivity contribution in [3.05, 3.63) is 45.4 Å². The van der Waals surface area contributed by atoms with Gasteiger partial charge >= 0.3 is 0 Å². The summed E-state index contributed by atoms with van der Waals surface area (Å²) in [4.78, 5) is 28.6. The first kappa shape index (κ1) is 18.4. The summed E-state index contributed by atoms with van der Waals surface area (Å²) < 4.78 is 32.8. The van der Waals surface area contributed by atoms with Gasteiger partial charge in [-0.3, -0.25) is 9.59 Å². The van der Waals surface area contributed by atoms with Crippen molar-refractivity contribution in [1.29, 1.82) is 0 Å². The fourth-order valence-electron chi connectivity index (χ4n) is 3.17. The molecule has 9 heteroatoms. The summed E-state index contributed by atoms with van der Waals surface area (Å²) in [5, 5.41) is 9.40. The van der Waals surface area contributed by atoms with Crippen molar-refractivity contribution in [1.82, 2.24) is 9.88 Å². The van der Waals surface area contributed by atoms with Crippen LogP contribution in [0.5, 0.6) is 0 Å². The van der Waals surface area contributed by atoms with Gasteiger partial charge in [-0.05, 0) is 23.9 Å². The zero-order chi connectivity index (χ0) is 19.0. The number of nitrogens with zero attached hydrogens (tertiary/aromatic N) is 1. The molecule has 0 saturated heterocycles. The van der Waals surface area contributed by atoms with Gasteiger partial charge in [-0.25, -0.2) is 8.78 Å². The Kier molecular flexibility index (Phi) is 5.03. The molecular weight excluding hydrogens is 348 g/mol. The lowest BCUT2D eigenvalue weighted by Crippen LogP contribution is -2.38. The van der Waals surface area contributed by atoms with Crippen LogP contribution < -0.4 is 11.3 Å². The molecule has 1 aliphatic rings. The van der Waals surface area contributed by atoms with Gasteiger partial charge in [0.1, 0.15) is 6.23 Å². The highest BCUT2D eigenvalue weighted by molar-refractivity contribution is 5.87. The molecule has 4 N–H and O–H groups in total. The van der Waals surface area contributed by atoms with Crippen molar-refractivity contribution in [2.75, 3.05) is 13.7 Å². The quantitative estimate of drug-likeness (QED) is 0.696. The third kappa shape index (κ3) is 3.33. The Morgan fingerprint density at radius 1 is 1.42 bits per heavy atom. The van der Waals surface area contributed by atoms with Crippen molar-refractivity contribution in [3.63, 3.8) is 0 Å². The average molecular weight is 367 g/mol. The zero-order valence-corrected chi connectivity index (χ0v) is 14.1. The standard InChI is InChI=1S/C17H19F2N3O4/c1-22(15(24)3-2-14(20)23)13-7-26-6-12-16(13)8-4-10(18)11(19)5-9(8)17(25)21-12/h4-5,13-14,23H,2-3,6-7,20H2,1H3,(H,21,25)/t13-,14+/m0/s1. The fraction of sp³-hybridized carbons (Fsp3) is 0.412. The number of H-pyrrole nitrogens is 1. The van der Waals surface area contributed by atoms with Crippen LogP contribution in [-0.2, 0) is 16.1 Å². The summed E-state index contributed by atoms with van der Waals surface area (Å²) in [6.45, 7) is 0.236. The molecule has 140 valence electrons. The van der Waals surface area contributed by atoms with Crippen LogP contribution in [0.4, 0.5) is 8.78 Å². The lowest BCUT2D eigenvalue weighted by atomic mass is 9.95. The number of aromatic nitrogens is 1. The second kappa shape index (κ2) is 7.10. The number of amides is 1. The normalized spacial score (nSPS) is 17.8. The molecule has 0 radical (unpaired) electrons. The van der Waals surface area contributed by atoms with Crippen LogP contribution in [0.3, 0.4) is 0 Å². The van der Waals surface area contributed by atoms with Crippen LogP contribution in [0.25, 0.3) is 10.8 Å². The fourth-order valence-corrected chi connectivity index (χ4v) is 3.17. The molecule has 1 aliphatic heterocycles. The molecule has 2 atom stereocenters. The number of carbonyl (C=O) groups is 1. The molecular formula is C17H19F2N3O4. The van der Waals surface area contributed by atoms with Crippen molar-refractivity contribution < 1.29 is 23.4 Å². The van der Waals surface area contributed by atoms with E-state index in [4.69, 9.17) is 15.6 Å². The summed E-state index contributed by atoms with van der Waals surface area (Å²) in [6, 6.07) is 1.23. The Balaban J connectivity index is 2.08. The third-order valence-electron chi connectivity index (χ3n) is 4.55. The molecule has 3 rings (SSSR count). The number of likely N-dealkylation sites (N-methyl/N-ethyl adjacent to an activating group) is 1. The number of benzene rings is 1. The van der Waals surface area contributed by atoms with Gasteiger partial charge in [0.05, 0.1) is 24.6 Å². The van der Waals surface area contributed by atoms with Gasteiger partial charge in [-0.1, -0.05) is 0 Å². The number of aliphatic hydroxyl groups is 1. The highest BCUT2D eigenvalue weighted by Crippen LogP contribution is 2.33. The minimum atomic E-state index is -1.12. The summed E-state index contributed by atoms with van der Waals surface area (Å²) in [5.41, 5.74) is 5.65. The summed E-state index contributed by atoms with van der Waals surface area (Å²) in [6.07, 6.45) is -0.989. The SMILES string of the molecule is CN(C(=O)CC[C@H](N)O)[C@H]1COCc2[nH]c(=O)c3cc(F)c(F)cc3c21. The number of fused-ring (bicyclic) bond motifs is 3. The molecule has 0 unspecified atom stereocenters. The first-order chi connectivity index (χ1) is 12.3. The average Bonchev–Trinajstić information content (AvgIpc) is 2.60. The molecule has 2 heterocycles. The van der Waals surface area contributed by atoms with E-state index < -0.39 is 29.5 Å². The number of aromatic amines is 1. The van der Waals surface area contributed by atoms with Crippen molar-refractivity contribution in [2.45, 2.75) is 31.7 Å². The first-order valence-electron chi connectivity index (χ1n) is 8.10. The van der Waals surface area contributed by atoms with Crippen LogP contribution in [0, 0.1) is 11.6 Å². The minimum Gasteiger partial charge on any atom is -0.379 e. The minimum absolute atomic E-state index is 0.00720. The smallest absolute Gasteiger partial charge is 0.256 e. The summed E-state index contributed by atoms with van der Waals surface area (Å²) in [5.74, 6) is -2.48. The predicted molar refractivity (Wildman–Crippen MR) is 89.1 cm³/mol. The molecule has 2 aromatic rings. The van der Waals surface area contributed by atoms with E-state index in [2.05, 4.69) is 4.98 Å². The maximum absolute atomic E-state index is 13.8. The Morgan fingerprint density at radius 3 is 2.73 bits per heavy atom. The zero-order valence-electron chi connectivity index (χ0n) is 14.1. The van der Waals surface area contributed by atoms with E-state index in [0.717, 1.165) is 12.1 Å². The molecule has 0 bridgehead atoms. The molecule has 7 nitrogen and oxygen atoms in total. The Hall–Kier alpha value is -2.36. The highest BCUT2D eigenvalue weighted by Gasteiger charge is 2.30. The Morgan fingerprint density at radius 2 is 2.08 bits per heavy atom. The maximum Gasteiger partial charge on any atom is 0.256 e. The van der Waals surface area contributed by atoms with Gasteiger partial charge in [0.25, 0.3) is 5.56 Å². The maximum atomic E-state index is 13.8. The van der Waals surface area contributed by atoms with E-state index >= 15 is 0 Å². The predicted octanol–water partition coefficient (Wildman–Crippen LogP) is 0.893. The van der Waals surface area contributed by atoms with E-state index in [1.54, 1.807) is 7.05 Å². The number of rotatable bonds is 4. The van der Waals surface area contributed by atoms with Crippen LogP contribution in [0.1, 0.15) is 30.1 Å². The number of hydrogen-bond donors (Lipinski definition) is 3. The third-order valence-corrected chi connectivity index (χ3v) is 4.55. The number of nitrogens with one attached hydrogen (secondary N) is 1. The van der Waals surface area contributed by atoms with Crippen LogP contribution in [0.2, 0.25) is 0 Å². The molecule has 1 aromatic heterocycles. The number of hydrogen-bond acceptors (Lipinski definition) is 5. The second-order valence-electron chi connectivity index (χ2n) is 6.30. The monoisotopic (exact) mass is 367 g/mol. The Bertz CT molecular complexity index is 913. The number of carbonyl (C=O) groups excluding carboxylic acids is 1. The summed E-state index contributed by atoms with van der Waals surface area (Å²) >= 11 is 0. The number of aliphatic hydroxyl groups excluding tert-OH is 1. The lowest BCUT2D eigenvalue weighted by Gasteiger charge is -2.34. The number of ether oxygens (including phenoxy) is 1. The van der Waals surface area contributed by atoms with Crippen LogP contribution >= 0.6 is 0 Å². The van der Waals surface area contributed by atoms with E-state index in [-0.39, 0.29) is 42.7 Å². The number of nitrogens with two attached hydrogens (primary N) is 1. The van der Waals surface area contributed by atoms with Crippen molar-refractivity contribution in [2.24, 2.45) is 5.73 Å². The van der Waals surface area contributed by atoms with Crippen molar-refractivity contribution >= 4 is 16.7 Å². The van der Waals surface area contributed by atoms with Crippen LogP contribution in [0.15, 0.2) is 16.9 Å². The first-order valence-corrected chi connectivity index (χ1v) is 8.10. The molecule has 0 spiro atoms. The van der Waals surface area contributed by atoms with E-state index in [0.29, 0.717) is 11.3 Å². The van der Waals surface area contributed by atoms with Gasteiger partial charge in [-0.15, -0.1) is 0 Å². The molecule has 0 aliphatic carbocycles. The van der Waals surface area contributed by atoms with E-state index in [1.807, 2.05) is 0 Å². The topological polar surface area (TPSA) is 109 Å². The number of pyridine rings is 1. The van der Waals surface area contributed by atoms with Crippen LogP contribution in [-0.4, -0.2) is 40.8 Å². The second-order valence-corrected chi connectivity index (χ2v) is 6.30. The lowest BCUT2D eigenvalue weighted by molar-refractivity contribution is -0.134. The van der Waals surface area contributed by atoms with Gasteiger partial charge in [0.2, 0.25) is 5.91 Å². The Labute approximate surface area is 147 Å². The molecule has 0 fully saturated rings. The van der Waals surface area contributed by atoms with Gasteiger partial charge in [-0.2, -0.15) is 0 Å².